The number of carbonyl (C=O) groups excluding carboxylic acids is 2. The van der Waals surface area contributed by atoms with Gasteiger partial charge in [-0.3, -0.25) is 13.9 Å². The number of aryl methyl sites for hydroxylation is 1. The number of rotatable bonds is 11. The second-order valence-electron chi connectivity index (χ2n) is 9.58. The highest BCUT2D eigenvalue weighted by Crippen LogP contribution is 2.30. The summed E-state index contributed by atoms with van der Waals surface area (Å²) < 4.78 is 28.7. The van der Waals surface area contributed by atoms with E-state index in [2.05, 4.69) is 5.32 Å². The molecular weight excluding hydrogens is 522 g/mol. The van der Waals surface area contributed by atoms with E-state index in [0.717, 1.165) is 9.87 Å². The topological polar surface area (TPSA) is 86.8 Å². The Morgan fingerprint density at radius 1 is 0.921 bits per heavy atom. The zero-order valence-corrected chi connectivity index (χ0v) is 23.7. The highest BCUT2D eigenvalue weighted by molar-refractivity contribution is 7.92. The highest BCUT2D eigenvalue weighted by Gasteiger charge is 2.33. The largest absolute Gasteiger partial charge is 0.354 e. The van der Waals surface area contributed by atoms with Crippen molar-refractivity contribution in [2.45, 2.75) is 45.2 Å². The lowest BCUT2D eigenvalue weighted by Crippen LogP contribution is -2.51. The van der Waals surface area contributed by atoms with Crippen LogP contribution in [-0.4, -0.2) is 44.3 Å². The minimum atomic E-state index is -4.14. The van der Waals surface area contributed by atoms with Gasteiger partial charge in [-0.1, -0.05) is 80.0 Å². The summed E-state index contributed by atoms with van der Waals surface area (Å²) in [7, 11) is -4.14. The van der Waals surface area contributed by atoms with Crippen LogP contribution >= 0.6 is 11.6 Å². The van der Waals surface area contributed by atoms with Crippen LogP contribution in [0.2, 0.25) is 5.02 Å². The molecule has 1 atom stereocenters. The van der Waals surface area contributed by atoms with E-state index in [9.17, 15) is 18.0 Å². The Labute approximate surface area is 230 Å². The van der Waals surface area contributed by atoms with Gasteiger partial charge in [0.05, 0.1) is 10.6 Å². The lowest BCUT2D eigenvalue weighted by molar-refractivity contribution is -0.139. The molecule has 1 unspecified atom stereocenters. The molecule has 2 amide bonds. The van der Waals surface area contributed by atoms with Crippen molar-refractivity contribution in [2.24, 2.45) is 5.92 Å². The normalized spacial score (nSPS) is 12.2. The van der Waals surface area contributed by atoms with Crippen LogP contribution in [0.25, 0.3) is 0 Å². The third-order valence-corrected chi connectivity index (χ3v) is 8.11. The number of benzene rings is 3. The quantitative estimate of drug-likeness (QED) is 0.359. The van der Waals surface area contributed by atoms with Crippen LogP contribution in [0.15, 0.2) is 83.8 Å². The lowest BCUT2D eigenvalue weighted by Gasteiger charge is -2.32. The van der Waals surface area contributed by atoms with Gasteiger partial charge in [0.15, 0.2) is 0 Å². The Morgan fingerprint density at radius 2 is 1.53 bits per heavy atom. The number of anilines is 1. The van der Waals surface area contributed by atoms with Gasteiger partial charge in [0, 0.05) is 18.1 Å². The molecule has 0 spiro atoms. The van der Waals surface area contributed by atoms with Crippen LogP contribution in [0.1, 0.15) is 31.9 Å². The van der Waals surface area contributed by atoms with Crippen molar-refractivity contribution in [3.63, 3.8) is 0 Å². The molecule has 3 aromatic rings. The van der Waals surface area contributed by atoms with Gasteiger partial charge in [-0.15, -0.1) is 0 Å². The lowest BCUT2D eigenvalue weighted by atomic mass is 10.1. The molecule has 0 aromatic heterocycles. The van der Waals surface area contributed by atoms with E-state index in [-0.39, 0.29) is 23.3 Å². The van der Waals surface area contributed by atoms with Crippen LogP contribution < -0.4 is 9.62 Å². The van der Waals surface area contributed by atoms with Crippen molar-refractivity contribution in [2.75, 3.05) is 17.4 Å². The molecule has 0 fully saturated rings. The molecule has 0 aliphatic rings. The number of hydrogen-bond donors (Lipinski definition) is 1. The fourth-order valence-corrected chi connectivity index (χ4v) is 5.56. The fourth-order valence-electron chi connectivity index (χ4n) is 3.90. The average Bonchev–Trinajstić information content (AvgIpc) is 2.91. The number of amides is 2. The molecule has 0 saturated carbocycles. The summed E-state index contributed by atoms with van der Waals surface area (Å²) in [4.78, 5) is 28.4. The van der Waals surface area contributed by atoms with Crippen molar-refractivity contribution in [3.8, 4) is 0 Å². The first-order valence-electron chi connectivity index (χ1n) is 12.5. The smallest absolute Gasteiger partial charge is 0.264 e. The average molecular weight is 556 g/mol. The second kappa shape index (κ2) is 12.9. The van der Waals surface area contributed by atoms with Crippen molar-refractivity contribution in [1.82, 2.24) is 10.2 Å². The monoisotopic (exact) mass is 555 g/mol. The third-order valence-electron chi connectivity index (χ3n) is 6.10. The Bertz CT molecular complexity index is 1350. The van der Waals surface area contributed by atoms with Gasteiger partial charge in [-0.25, -0.2) is 8.42 Å². The Kier molecular flexibility index (Phi) is 9.94. The number of carbonyl (C=O) groups is 2. The first-order chi connectivity index (χ1) is 18.0. The van der Waals surface area contributed by atoms with Gasteiger partial charge in [0.2, 0.25) is 11.8 Å². The molecule has 1 N–H and O–H groups in total. The maximum Gasteiger partial charge on any atom is 0.264 e. The van der Waals surface area contributed by atoms with Crippen molar-refractivity contribution in [1.29, 1.82) is 0 Å². The number of sulfonamides is 1. The summed E-state index contributed by atoms with van der Waals surface area (Å²) in [6.45, 7) is 7.48. The maximum atomic E-state index is 13.9. The van der Waals surface area contributed by atoms with Crippen LogP contribution in [0.4, 0.5) is 5.69 Å². The third kappa shape index (κ3) is 7.36. The number of nitrogens with zero attached hydrogens (tertiary/aromatic N) is 2. The summed E-state index contributed by atoms with van der Waals surface area (Å²) in [5.74, 6) is -0.582. The van der Waals surface area contributed by atoms with Crippen molar-refractivity contribution >= 4 is 39.1 Å². The van der Waals surface area contributed by atoms with Gasteiger partial charge in [-0.2, -0.15) is 0 Å². The van der Waals surface area contributed by atoms with Crippen LogP contribution in [0, 0.1) is 12.8 Å². The Hall–Kier alpha value is -3.36. The molecule has 0 bridgehead atoms. The van der Waals surface area contributed by atoms with Crippen molar-refractivity contribution < 1.29 is 18.0 Å². The van der Waals surface area contributed by atoms with E-state index in [4.69, 9.17) is 11.6 Å². The predicted octanol–water partition coefficient (Wildman–Crippen LogP) is 5.03. The molecule has 38 heavy (non-hydrogen) atoms. The summed E-state index contributed by atoms with van der Waals surface area (Å²) in [5, 5.41) is 3.22. The summed E-state index contributed by atoms with van der Waals surface area (Å²) >= 11 is 6.25. The molecule has 7 nitrogen and oxygen atoms in total. The highest BCUT2D eigenvalue weighted by atomic mass is 35.5. The number of nitrogens with one attached hydrogen (secondary N) is 1. The minimum absolute atomic E-state index is 0.0458. The van der Waals surface area contributed by atoms with Crippen LogP contribution in [0.3, 0.4) is 0 Å². The zero-order chi connectivity index (χ0) is 27.9. The van der Waals surface area contributed by atoms with Crippen LogP contribution in [-0.2, 0) is 26.2 Å². The predicted molar refractivity (Wildman–Crippen MR) is 151 cm³/mol. The molecule has 0 heterocycles. The molecule has 3 aromatic carbocycles. The Morgan fingerprint density at radius 3 is 2.13 bits per heavy atom. The first kappa shape index (κ1) is 29.2. The molecular formula is C29H34ClN3O4S. The summed E-state index contributed by atoms with van der Waals surface area (Å²) in [5.41, 5.74) is 1.76. The molecule has 0 aliphatic carbocycles. The summed E-state index contributed by atoms with van der Waals surface area (Å²) in [6, 6.07) is 21.3. The maximum absolute atomic E-state index is 13.9. The van der Waals surface area contributed by atoms with E-state index in [1.54, 1.807) is 44.2 Å². The molecule has 0 aliphatic heterocycles. The number of hydrogen-bond acceptors (Lipinski definition) is 4. The molecule has 202 valence electrons. The van der Waals surface area contributed by atoms with E-state index < -0.39 is 28.5 Å². The van der Waals surface area contributed by atoms with E-state index in [1.165, 1.54) is 23.1 Å². The van der Waals surface area contributed by atoms with Gasteiger partial charge in [0.1, 0.15) is 12.6 Å². The van der Waals surface area contributed by atoms with E-state index >= 15 is 0 Å². The standard InChI is InChI=1S/C29H34ClN3O4S/c1-21(2)18-31-29(35)23(4)32(19-24-11-7-5-8-12-24)28(34)20-33(27-17-25(30)16-15-22(27)3)38(36,37)26-13-9-6-10-14-26/h5-17,21,23H,18-20H2,1-4H3,(H,31,35). The molecule has 3 rings (SSSR count). The van der Waals surface area contributed by atoms with E-state index in [0.29, 0.717) is 22.8 Å². The number of halogens is 1. The van der Waals surface area contributed by atoms with Gasteiger partial charge in [0.25, 0.3) is 10.0 Å². The molecule has 0 saturated heterocycles. The van der Waals surface area contributed by atoms with Gasteiger partial charge in [-0.05, 0) is 55.2 Å². The first-order valence-corrected chi connectivity index (χ1v) is 14.3. The molecule has 9 heteroatoms. The van der Waals surface area contributed by atoms with Crippen LogP contribution in [0.5, 0.6) is 0 Å². The zero-order valence-electron chi connectivity index (χ0n) is 22.1. The van der Waals surface area contributed by atoms with E-state index in [1.807, 2.05) is 44.2 Å². The van der Waals surface area contributed by atoms with Gasteiger partial charge >= 0.3 is 0 Å². The minimum Gasteiger partial charge on any atom is -0.354 e. The Balaban J connectivity index is 2.03. The molecule has 0 radical (unpaired) electrons. The summed E-state index contributed by atoms with van der Waals surface area (Å²) in [6.07, 6.45) is 0. The second-order valence-corrected chi connectivity index (χ2v) is 11.9. The van der Waals surface area contributed by atoms with Crippen molar-refractivity contribution in [3.05, 3.63) is 95.0 Å². The van der Waals surface area contributed by atoms with Gasteiger partial charge < -0.3 is 10.2 Å². The SMILES string of the molecule is Cc1ccc(Cl)cc1N(CC(=O)N(Cc1ccccc1)C(C)C(=O)NCC(C)C)S(=O)(=O)c1ccccc1. The fraction of sp³-hybridized carbons (Fsp3) is 0.310.